The predicted octanol–water partition coefficient (Wildman–Crippen LogP) is 5.80. The number of thiazole rings is 1. The number of benzene rings is 3. The van der Waals surface area contributed by atoms with Gasteiger partial charge in [0.25, 0.3) is 5.91 Å². The largest absolute Gasteiger partial charge is 0.284 e. The molecule has 2 aromatic heterocycles. The Bertz CT molecular complexity index is 1570. The summed E-state index contributed by atoms with van der Waals surface area (Å²) in [4.78, 5) is 21.7. The average molecular weight is 493 g/mol. The molecule has 5 aromatic rings. The van der Waals surface area contributed by atoms with Gasteiger partial charge in [-0.2, -0.15) is 0 Å². The van der Waals surface area contributed by atoms with Gasteiger partial charge in [-0.15, -0.1) is 11.3 Å². The highest BCUT2D eigenvalue weighted by molar-refractivity contribution is 7.90. The standard InChI is InChI=1S/C25H20N2O3S3/c1-33(29,30)19-11-12-22-23(16-19)32-25(26-22)27(14-13-18-8-5-15-31-18)24(28)21-10-4-7-17-6-2-3-9-20(17)21/h2-12,15-16H,13-14H2,1H3. The quantitative estimate of drug-likeness (QED) is 0.300. The molecular weight excluding hydrogens is 472 g/mol. The number of carbonyl (C=O) groups is 1. The number of aromatic nitrogens is 1. The summed E-state index contributed by atoms with van der Waals surface area (Å²) in [6, 6.07) is 22.5. The van der Waals surface area contributed by atoms with Crippen LogP contribution in [0.2, 0.25) is 0 Å². The second kappa shape index (κ2) is 8.70. The zero-order valence-electron chi connectivity index (χ0n) is 17.8. The fraction of sp³-hybridized carbons (Fsp3) is 0.120. The van der Waals surface area contributed by atoms with E-state index < -0.39 is 9.84 Å². The highest BCUT2D eigenvalue weighted by atomic mass is 32.2. The highest BCUT2D eigenvalue weighted by Crippen LogP contribution is 2.32. The van der Waals surface area contributed by atoms with Crippen LogP contribution in [0.15, 0.2) is 83.1 Å². The van der Waals surface area contributed by atoms with Crippen LogP contribution in [-0.4, -0.2) is 32.1 Å². The molecule has 0 aliphatic rings. The summed E-state index contributed by atoms with van der Waals surface area (Å²) in [6.07, 6.45) is 1.90. The number of hydrogen-bond donors (Lipinski definition) is 0. The lowest BCUT2D eigenvalue weighted by Crippen LogP contribution is -2.33. The van der Waals surface area contributed by atoms with Crippen molar-refractivity contribution in [1.82, 2.24) is 4.98 Å². The summed E-state index contributed by atoms with van der Waals surface area (Å²) < 4.78 is 24.7. The molecule has 1 amide bonds. The minimum Gasteiger partial charge on any atom is -0.284 e. The third kappa shape index (κ3) is 4.42. The Morgan fingerprint density at radius 2 is 1.82 bits per heavy atom. The Balaban J connectivity index is 1.59. The molecule has 33 heavy (non-hydrogen) atoms. The number of fused-ring (bicyclic) bond motifs is 2. The van der Waals surface area contributed by atoms with Crippen LogP contribution >= 0.6 is 22.7 Å². The molecule has 0 spiro atoms. The molecule has 8 heteroatoms. The minimum absolute atomic E-state index is 0.120. The van der Waals surface area contributed by atoms with E-state index in [0.29, 0.717) is 29.2 Å². The maximum absolute atomic E-state index is 13.8. The van der Waals surface area contributed by atoms with Gasteiger partial charge in [-0.1, -0.05) is 53.8 Å². The SMILES string of the molecule is CS(=O)(=O)c1ccc2nc(N(CCc3cccs3)C(=O)c3cccc4ccccc34)sc2c1. The van der Waals surface area contributed by atoms with Gasteiger partial charge < -0.3 is 0 Å². The Morgan fingerprint density at radius 1 is 1.00 bits per heavy atom. The maximum atomic E-state index is 13.8. The lowest BCUT2D eigenvalue weighted by molar-refractivity contribution is 0.0989. The summed E-state index contributed by atoms with van der Waals surface area (Å²) in [5.74, 6) is -0.120. The molecule has 0 bridgehead atoms. The first-order valence-electron chi connectivity index (χ1n) is 10.3. The van der Waals surface area contributed by atoms with E-state index in [1.807, 2.05) is 53.9 Å². The molecule has 0 aliphatic carbocycles. The zero-order chi connectivity index (χ0) is 23.0. The number of thiophene rings is 1. The molecule has 0 radical (unpaired) electrons. The van der Waals surface area contributed by atoms with Crippen LogP contribution in [0, 0.1) is 0 Å². The third-order valence-corrected chi connectivity index (χ3v) is 8.52. The topological polar surface area (TPSA) is 67.3 Å². The lowest BCUT2D eigenvalue weighted by atomic mass is 10.0. The van der Waals surface area contributed by atoms with Crippen LogP contribution in [0.3, 0.4) is 0 Å². The first-order chi connectivity index (χ1) is 15.9. The fourth-order valence-electron chi connectivity index (χ4n) is 3.76. The van der Waals surface area contributed by atoms with Crippen molar-refractivity contribution in [2.75, 3.05) is 17.7 Å². The molecule has 0 aliphatic heterocycles. The van der Waals surface area contributed by atoms with Gasteiger partial charge in [0.2, 0.25) is 0 Å². The molecule has 3 aromatic carbocycles. The molecule has 166 valence electrons. The van der Waals surface area contributed by atoms with Gasteiger partial charge in [-0.05, 0) is 52.9 Å². The fourth-order valence-corrected chi connectivity index (χ4v) is 6.21. The Labute approximate surface area is 199 Å². The van der Waals surface area contributed by atoms with Gasteiger partial charge in [-0.25, -0.2) is 13.4 Å². The third-order valence-electron chi connectivity index (χ3n) is 5.43. The van der Waals surface area contributed by atoms with E-state index in [-0.39, 0.29) is 10.8 Å². The van der Waals surface area contributed by atoms with Crippen molar-refractivity contribution in [3.05, 3.63) is 88.6 Å². The van der Waals surface area contributed by atoms with Gasteiger partial charge >= 0.3 is 0 Å². The van der Waals surface area contributed by atoms with Crippen molar-refractivity contribution < 1.29 is 13.2 Å². The van der Waals surface area contributed by atoms with Crippen LogP contribution in [0.4, 0.5) is 5.13 Å². The molecular formula is C25H20N2O3S3. The van der Waals surface area contributed by atoms with E-state index in [9.17, 15) is 13.2 Å². The molecule has 0 saturated heterocycles. The van der Waals surface area contributed by atoms with Crippen molar-refractivity contribution in [3.63, 3.8) is 0 Å². The van der Waals surface area contributed by atoms with E-state index in [4.69, 9.17) is 4.98 Å². The minimum atomic E-state index is -3.33. The molecule has 2 heterocycles. The first-order valence-corrected chi connectivity index (χ1v) is 13.9. The molecule has 0 atom stereocenters. The summed E-state index contributed by atoms with van der Waals surface area (Å²) in [6.45, 7) is 0.474. The summed E-state index contributed by atoms with van der Waals surface area (Å²) in [5.41, 5.74) is 1.30. The van der Waals surface area contributed by atoms with Gasteiger partial charge in [0.05, 0.1) is 15.1 Å². The molecule has 0 unspecified atom stereocenters. The first kappa shape index (κ1) is 21.8. The van der Waals surface area contributed by atoms with Crippen molar-refractivity contribution in [2.24, 2.45) is 0 Å². The summed E-state index contributed by atoms with van der Waals surface area (Å²) in [5, 5.41) is 4.48. The molecule has 0 fully saturated rings. The Hall–Kier alpha value is -3.07. The van der Waals surface area contributed by atoms with Crippen molar-refractivity contribution in [2.45, 2.75) is 11.3 Å². The molecule has 0 N–H and O–H groups in total. The number of carbonyl (C=O) groups excluding carboxylic acids is 1. The Morgan fingerprint density at radius 3 is 2.61 bits per heavy atom. The van der Waals surface area contributed by atoms with Crippen molar-refractivity contribution >= 4 is 64.5 Å². The summed E-state index contributed by atoms with van der Waals surface area (Å²) >= 11 is 2.99. The van der Waals surface area contributed by atoms with Crippen LogP contribution in [0.5, 0.6) is 0 Å². The number of rotatable bonds is 6. The lowest BCUT2D eigenvalue weighted by Gasteiger charge is -2.20. The zero-order valence-corrected chi connectivity index (χ0v) is 20.2. The van der Waals surface area contributed by atoms with Crippen molar-refractivity contribution in [3.8, 4) is 0 Å². The molecule has 5 rings (SSSR count). The smallest absolute Gasteiger partial charge is 0.260 e. The van der Waals surface area contributed by atoms with E-state index in [1.165, 1.54) is 22.5 Å². The highest BCUT2D eigenvalue weighted by Gasteiger charge is 2.23. The van der Waals surface area contributed by atoms with Crippen LogP contribution in [-0.2, 0) is 16.3 Å². The predicted molar refractivity (Wildman–Crippen MR) is 136 cm³/mol. The second-order valence-electron chi connectivity index (χ2n) is 7.71. The second-order valence-corrected chi connectivity index (χ2v) is 11.8. The number of nitrogens with zero attached hydrogens (tertiary/aromatic N) is 2. The Kier molecular flexibility index (Phi) is 5.74. The van der Waals surface area contributed by atoms with E-state index in [2.05, 4.69) is 6.07 Å². The summed E-state index contributed by atoms with van der Waals surface area (Å²) in [7, 11) is -3.33. The number of anilines is 1. The van der Waals surface area contributed by atoms with Crippen LogP contribution < -0.4 is 4.90 Å². The van der Waals surface area contributed by atoms with E-state index in [0.717, 1.165) is 15.5 Å². The number of sulfone groups is 1. The van der Waals surface area contributed by atoms with Crippen LogP contribution in [0.25, 0.3) is 21.0 Å². The van der Waals surface area contributed by atoms with E-state index in [1.54, 1.807) is 34.4 Å². The normalized spacial score (nSPS) is 11.8. The van der Waals surface area contributed by atoms with Crippen LogP contribution in [0.1, 0.15) is 15.2 Å². The number of amides is 1. The van der Waals surface area contributed by atoms with Gasteiger partial charge in [0.15, 0.2) is 15.0 Å². The van der Waals surface area contributed by atoms with Crippen molar-refractivity contribution in [1.29, 1.82) is 0 Å². The van der Waals surface area contributed by atoms with Gasteiger partial charge in [0.1, 0.15) is 0 Å². The molecule has 5 nitrogen and oxygen atoms in total. The van der Waals surface area contributed by atoms with Gasteiger partial charge in [-0.3, -0.25) is 9.69 Å². The average Bonchev–Trinajstić information content (AvgIpc) is 3.47. The monoisotopic (exact) mass is 492 g/mol. The maximum Gasteiger partial charge on any atom is 0.260 e. The van der Waals surface area contributed by atoms with E-state index >= 15 is 0 Å². The number of hydrogen-bond acceptors (Lipinski definition) is 6. The molecule has 0 saturated carbocycles. The van der Waals surface area contributed by atoms with Gasteiger partial charge in [0, 0.05) is 23.2 Å².